The van der Waals surface area contributed by atoms with Crippen molar-refractivity contribution in [3.05, 3.63) is 0 Å². The predicted molar refractivity (Wildman–Crippen MR) is 351 cm³/mol. The Kier molecular flexibility index (Phi) is 61.2. The van der Waals surface area contributed by atoms with Crippen LogP contribution in [0.15, 0.2) is 0 Å². The van der Waals surface area contributed by atoms with Crippen molar-refractivity contribution in [2.45, 2.75) is 159 Å². The smallest absolute Gasteiger partial charge is 0.306 e. The number of ether oxygens (including phenoxy) is 12. The summed E-state index contributed by atoms with van der Waals surface area (Å²) in [6, 6.07) is 0. The lowest BCUT2D eigenvalue weighted by Crippen LogP contribution is -2.53. The Balaban J connectivity index is 7.05. The fourth-order valence-corrected chi connectivity index (χ4v) is 8.51. The number of carbonyl (C=O) groups excluding carboxylic acids is 9. The molecule has 0 heterocycles. The van der Waals surface area contributed by atoms with E-state index in [0.29, 0.717) is 65.3 Å². The third-order valence-electron chi connectivity index (χ3n) is 13.6. The van der Waals surface area contributed by atoms with Crippen LogP contribution in [0.3, 0.4) is 0 Å². The van der Waals surface area contributed by atoms with Crippen molar-refractivity contribution in [3.8, 4) is 0 Å². The molecule has 572 valence electrons. The van der Waals surface area contributed by atoms with Crippen LogP contribution >= 0.6 is 0 Å². The quantitative estimate of drug-likeness (QED) is 0.0183. The van der Waals surface area contributed by atoms with E-state index >= 15 is 0 Å². The standard InChI is InChI=1S/C63H113N9O27/c64-22-31-67-25-4-1-7-28-70-50(73)10-16-56(82)92-36-34-88-46-48(90-38-40-94-59(85)19-13-53(76)77)62(98-44-42-96-58(84)18-12-52(75)72-30-9-3-6-27-69-33-24-66)63(99-45-43-97-61(87)21-15-55(80)81)49(91-39-41-95-60(86)20-14-54(78)79)47-89-35-37-93-57(83)17-11-51(74)71-29-8-2-5-26-68-32-23-65/h48-49,62-63,67-69H,1-47,64-66H2,(H,70,73)(H,71,74)(H,72,75)(H,76,77)(H,78,79)(H,80,81). The minimum absolute atomic E-state index is 0.155. The Bertz CT molecular complexity index is 2230. The van der Waals surface area contributed by atoms with Gasteiger partial charge in [-0.2, -0.15) is 0 Å². The summed E-state index contributed by atoms with van der Waals surface area (Å²) in [5.41, 5.74) is 16.5. The SMILES string of the molecule is NCCNCCCCCNC(=O)CCC(=O)OCCOCC(OCCOC(=O)CCC(=O)O)C(OCCOC(=O)CCC(=O)O)C(OCCOC(=O)CCC(=O)NCCCCCNCCN)C(COCCOC(=O)CCC(=O)NCCCCCNCCN)OCCOC(=O)CCC(=O)O. The van der Waals surface area contributed by atoms with Gasteiger partial charge < -0.3 is 121 Å². The maximum absolute atomic E-state index is 13.1. The number of carboxylic acids is 3. The number of aliphatic carboxylic acids is 3. The molecule has 0 aromatic heterocycles. The highest BCUT2D eigenvalue weighted by Crippen LogP contribution is 2.21. The van der Waals surface area contributed by atoms with Crippen molar-refractivity contribution in [2.24, 2.45) is 17.2 Å². The van der Waals surface area contributed by atoms with Crippen molar-refractivity contribution >= 4 is 71.4 Å². The number of nitrogens with one attached hydrogen (secondary N) is 6. The first kappa shape index (κ1) is 92.2. The summed E-state index contributed by atoms with van der Waals surface area (Å²) in [4.78, 5) is 147. The highest BCUT2D eigenvalue weighted by atomic mass is 16.6. The van der Waals surface area contributed by atoms with Crippen LogP contribution in [0.1, 0.15) is 135 Å². The lowest BCUT2D eigenvalue weighted by Gasteiger charge is -2.37. The topological polar surface area (TPSA) is 527 Å². The molecule has 15 N–H and O–H groups in total. The molecule has 0 aliphatic carbocycles. The summed E-state index contributed by atoms with van der Waals surface area (Å²) >= 11 is 0. The maximum Gasteiger partial charge on any atom is 0.306 e. The van der Waals surface area contributed by atoms with E-state index in [1.807, 2.05) is 0 Å². The zero-order chi connectivity index (χ0) is 73.2. The average Bonchev–Trinajstić information content (AvgIpc) is 0.856. The molecule has 0 aromatic rings. The summed E-state index contributed by atoms with van der Waals surface area (Å²) in [5.74, 6) is -9.82. The molecule has 0 radical (unpaired) electrons. The van der Waals surface area contributed by atoms with Gasteiger partial charge >= 0.3 is 53.7 Å². The summed E-state index contributed by atoms with van der Waals surface area (Å²) in [7, 11) is 0. The molecule has 3 amide bonds. The Hall–Kier alpha value is -6.84. The van der Waals surface area contributed by atoms with Crippen LogP contribution in [0.2, 0.25) is 0 Å². The van der Waals surface area contributed by atoms with Crippen molar-refractivity contribution < 1.29 is 130 Å². The first-order valence-corrected chi connectivity index (χ1v) is 34.0. The van der Waals surface area contributed by atoms with Gasteiger partial charge in [0.25, 0.3) is 0 Å². The van der Waals surface area contributed by atoms with Gasteiger partial charge in [0.15, 0.2) is 0 Å². The Labute approximate surface area is 578 Å². The van der Waals surface area contributed by atoms with Gasteiger partial charge in [-0.05, 0) is 58.2 Å². The van der Waals surface area contributed by atoms with Crippen LogP contribution in [-0.2, 0) is 114 Å². The van der Waals surface area contributed by atoms with Crippen molar-refractivity contribution in [2.75, 3.05) is 171 Å². The molecule has 0 aromatic carbocycles. The summed E-state index contributed by atoms with van der Waals surface area (Å²) in [6.45, 7) is 1.23. The third-order valence-corrected chi connectivity index (χ3v) is 13.6. The summed E-state index contributed by atoms with van der Waals surface area (Å²) < 4.78 is 69.1. The van der Waals surface area contributed by atoms with E-state index in [4.69, 9.17) is 89.4 Å². The van der Waals surface area contributed by atoms with Crippen molar-refractivity contribution in [1.29, 1.82) is 0 Å². The van der Waals surface area contributed by atoms with E-state index in [-0.39, 0.29) is 76.8 Å². The van der Waals surface area contributed by atoms with Crippen LogP contribution in [0.5, 0.6) is 0 Å². The second kappa shape index (κ2) is 65.8. The molecular weight excluding hydrogens is 1310 g/mol. The highest BCUT2D eigenvalue weighted by molar-refractivity contribution is 5.83. The molecular formula is C63H113N9O27. The van der Waals surface area contributed by atoms with Gasteiger partial charge in [0.2, 0.25) is 17.7 Å². The van der Waals surface area contributed by atoms with Gasteiger partial charge in [-0.25, -0.2) is 0 Å². The Morgan fingerprint density at radius 2 is 0.515 bits per heavy atom. The predicted octanol–water partition coefficient (Wildman–Crippen LogP) is -1.74. The molecule has 36 nitrogen and oxygen atoms in total. The van der Waals surface area contributed by atoms with Crippen molar-refractivity contribution in [3.63, 3.8) is 0 Å². The number of amides is 3. The number of hydrogen-bond donors (Lipinski definition) is 12. The first-order chi connectivity index (χ1) is 47.8. The minimum atomic E-state index is -1.52. The maximum atomic E-state index is 13.1. The molecule has 0 spiro atoms. The largest absolute Gasteiger partial charge is 0.481 e. The van der Waals surface area contributed by atoms with E-state index in [1.54, 1.807) is 0 Å². The Morgan fingerprint density at radius 1 is 0.273 bits per heavy atom. The number of rotatable bonds is 71. The van der Waals surface area contributed by atoms with Gasteiger partial charge in [0.1, 0.15) is 64.1 Å². The molecule has 4 atom stereocenters. The van der Waals surface area contributed by atoms with E-state index < -0.39 is 189 Å². The molecule has 0 rings (SSSR count). The van der Waals surface area contributed by atoms with Gasteiger partial charge in [-0.3, -0.25) is 57.5 Å². The molecule has 36 heteroatoms. The van der Waals surface area contributed by atoms with E-state index in [2.05, 4.69) is 31.9 Å². The molecule has 4 unspecified atom stereocenters. The number of esters is 6. The van der Waals surface area contributed by atoms with Crippen molar-refractivity contribution in [1.82, 2.24) is 31.9 Å². The summed E-state index contributed by atoms with van der Waals surface area (Å²) in [5, 5.41) is 45.3. The number of unbranched alkanes of at least 4 members (excludes halogenated alkanes) is 6. The second-order valence-electron chi connectivity index (χ2n) is 22.0. The fraction of sp³-hybridized carbons (Fsp3) is 0.810. The van der Waals surface area contributed by atoms with Crippen LogP contribution in [0.25, 0.3) is 0 Å². The zero-order valence-corrected chi connectivity index (χ0v) is 57.4. The zero-order valence-electron chi connectivity index (χ0n) is 57.4. The van der Waals surface area contributed by atoms with Gasteiger partial charge in [0, 0.05) is 78.2 Å². The van der Waals surface area contributed by atoms with Gasteiger partial charge in [0.05, 0.1) is 111 Å². The normalized spacial score (nSPS) is 12.3. The minimum Gasteiger partial charge on any atom is -0.481 e. The number of hydrogen-bond acceptors (Lipinski definition) is 30. The molecule has 0 saturated carbocycles. The van der Waals surface area contributed by atoms with Crippen LogP contribution < -0.4 is 49.1 Å². The van der Waals surface area contributed by atoms with Crippen LogP contribution in [0.4, 0.5) is 0 Å². The first-order valence-electron chi connectivity index (χ1n) is 34.0. The number of carbonyl (C=O) groups is 12. The third kappa shape index (κ3) is 60.8. The van der Waals surface area contributed by atoms with Gasteiger partial charge in [-0.1, -0.05) is 19.3 Å². The molecule has 0 aliphatic rings. The number of nitrogens with two attached hydrogens (primary N) is 3. The number of carboxylic acid groups (broad SMARTS) is 3. The highest BCUT2D eigenvalue weighted by Gasteiger charge is 2.39. The molecule has 0 aliphatic heterocycles. The molecule has 99 heavy (non-hydrogen) atoms. The lowest BCUT2D eigenvalue weighted by atomic mass is 10.0. The Morgan fingerprint density at radius 3 is 0.778 bits per heavy atom. The van der Waals surface area contributed by atoms with E-state index in [9.17, 15) is 57.5 Å². The van der Waals surface area contributed by atoms with E-state index in [1.165, 1.54) is 0 Å². The van der Waals surface area contributed by atoms with Gasteiger partial charge in [-0.15, -0.1) is 0 Å². The van der Waals surface area contributed by atoms with E-state index in [0.717, 1.165) is 71.0 Å². The molecule has 0 saturated heterocycles. The molecule has 0 bridgehead atoms. The second-order valence-corrected chi connectivity index (χ2v) is 22.0. The lowest BCUT2D eigenvalue weighted by molar-refractivity contribution is -0.207. The van der Waals surface area contributed by atoms with Crippen LogP contribution in [-0.4, -0.2) is 282 Å². The summed E-state index contributed by atoms with van der Waals surface area (Å²) in [6.07, 6.45) is -2.91. The monoisotopic (exact) mass is 1430 g/mol. The fourth-order valence-electron chi connectivity index (χ4n) is 8.51. The molecule has 0 fully saturated rings. The average molecular weight is 1430 g/mol. The van der Waals surface area contributed by atoms with Crippen LogP contribution in [0, 0.1) is 0 Å².